The number of carbonyl (C=O) groups excluding carboxylic acids is 1. The number of nitrogens with zero attached hydrogens (tertiary/aromatic N) is 3. The summed E-state index contributed by atoms with van der Waals surface area (Å²) in [7, 11) is 0. The Labute approximate surface area is 120 Å². The van der Waals surface area contributed by atoms with E-state index in [0.717, 1.165) is 35.4 Å². The molecule has 1 saturated heterocycles. The number of thioether (sulfide) groups is 1. The quantitative estimate of drug-likeness (QED) is 0.869. The highest BCUT2D eigenvalue weighted by atomic mass is 32.2. The van der Waals surface area contributed by atoms with E-state index in [-0.39, 0.29) is 5.91 Å². The zero-order valence-electron chi connectivity index (χ0n) is 10.5. The highest BCUT2D eigenvalue weighted by Gasteiger charge is 2.18. The molecular weight excluding hydrogens is 278 g/mol. The zero-order chi connectivity index (χ0) is 13.1. The van der Waals surface area contributed by atoms with Crippen molar-refractivity contribution in [3.05, 3.63) is 35.6 Å². The second-order valence-electron chi connectivity index (χ2n) is 4.38. The average molecular weight is 293 g/mol. The Morgan fingerprint density at radius 3 is 2.74 bits per heavy atom. The highest BCUT2D eigenvalue weighted by molar-refractivity contribution is 7.99. The molecule has 1 amide bonds. The van der Waals surface area contributed by atoms with Gasteiger partial charge in [0.15, 0.2) is 5.13 Å². The van der Waals surface area contributed by atoms with Crippen LogP contribution in [-0.4, -0.2) is 45.0 Å². The number of hydrogen-bond acceptors (Lipinski definition) is 4. The molecule has 0 N–H and O–H groups in total. The maximum absolute atomic E-state index is 12.1. The molecular formula is C13H15N3OS2. The van der Waals surface area contributed by atoms with Crippen molar-refractivity contribution in [3.8, 4) is 5.13 Å². The van der Waals surface area contributed by atoms with Crippen molar-refractivity contribution in [1.29, 1.82) is 0 Å². The van der Waals surface area contributed by atoms with Crippen LogP contribution < -0.4 is 0 Å². The molecule has 6 heteroatoms. The fourth-order valence-electron chi connectivity index (χ4n) is 2.04. The number of amides is 1. The molecule has 2 aromatic rings. The second kappa shape index (κ2) is 5.79. The molecule has 0 unspecified atom stereocenters. The van der Waals surface area contributed by atoms with Gasteiger partial charge < -0.3 is 9.47 Å². The van der Waals surface area contributed by atoms with E-state index in [4.69, 9.17) is 0 Å². The molecule has 4 nitrogen and oxygen atoms in total. The molecule has 1 aliphatic heterocycles. The molecule has 19 heavy (non-hydrogen) atoms. The van der Waals surface area contributed by atoms with Crippen LogP contribution >= 0.6 is 23.1 Å². The number of thiazole rings is 1. The maximum atomic E-state index is 12.1. The Hall–Kier alpha value is -1.27. The number of hydrogen-bond donors (Lipinski definition) is 0. The third kappa shape index (κ3) is 3.01. The number of rotatable bonds is 3. The first-order chi connectivity index (χ1) is 9.33. The van der Waals surface area contributed by atoms with Gasteiger partial charge in [0.1, 0.15) is 0 Å². The Morgan fingerprint density at radius 2 is 2.00 bits per heavy atom. The Bertz CT molecular complexity index is 544. The highest BCUT2D eigenvalue weighted by Crippen LogP contribution is 2.17. The van der Waals surface area contributed by atoms with Gasteiger partial charge in [-0.1, -0.05) is 0 Å². The molecule has 0 aromatic carbocycles. The van der Waals surface area contributed by atoms with Gasteiger partial charge in [0.05, 0.1) is 12.1 Å². The summed E-state index contributed by atoms with van der Waals surface area (Å²) in [4.78, 5) is 18.6. The molecule has 100 valence electrons. The molecule has 3 rings (SSSR count). The lowest BCUT2D eigenvalue weighted by Gasteiger charge is -2.26. The number of carbonyl (C=O) groups is 1. The summed E-state index contributed by atoms with van der Waals surface area (Å²) in [5.74, 6) is 2.30. The van der Waals surface area contributed by atoms with E-state index in [9.17, 15) is 4.79 Å². The van der Waals surface area contributed by atoms with Gasteiger partial charge in [0, 0.05) is 42.4 Å². The lowest BCUT2D eigenvalue weighted by atomic mass is 10.3. The Morgan fingerprint density at radius 1 is 1.26 bits per heavy atom. The lowest BCUT2D eigenvalue weighted by Crippen LogP contribution is -2.38. The number of aromatic nitrogens is 2. The molecule has 0 bridgehead atoms. The summed E-state index contributed by atoms with van der Waals surface area (Å²) in [6, 6.07) is 3.94. The summed E-state index contributed by atoms with van der Waals surface area (Å²) in [6.45, 7) is 1.75. The van der Waals surface area contributed by atoms with Gasteiger partial charge in [-0.2, -0.15) is 11.8 Å². The van der Waals surface area contributed by atoms with Crippen LogP contribution in [0.1, 0.15) is 5.69 Å². The van der Waals surface area contributed by atoms with Gasteiger partial charge in [-0.25, -0.2) is 4.98 Å². The van der Waals surface area contributed by atoms with Crippen LogP contribution in [-0.2, 0) is 11.2 Å². The van der Waals surface area contributed by atoms with Crippen LogP contribution in [0.15, 0.2) is 29.9 Å². The minimum atomic E-state index is 0.199. The lowest BCUT2D eigenvalue weighted by molar-refractivity contribution is -0.130. The summed E-state index contributed by atoms with van der Waals surface area (Å²) in [5, 5.41) is 2.90. The van der Waals surface area contributed by atoms with Crippen LogP contribution in [0.5, 0.6) is 0 Å². The summed E-state index contributed by atoms with van der Waals surface area (Å²) in [5.41, 5.74) is 0.872. The van der Waals surface area contributed by atoms with E-state index >= 15 is 0 Å². The fourth-order valence-corrected chi connectivity index (χ4v) is 3.73. The van der Waals surface area contributed by atoms with Crippen molar-refractivity contribution in [2.45, 2.75) is 6.42 Å². The van der Waals surface area contributed by atoms with E-state index in [1.54, 1.807) is 11.3 Å². The van der Waals surface area contributed by atoms with Gasteiger partial charge in [0.2, 0.25) is 5.91 Å². The van der Waals surface area contributed by atoms with Crippen LogP contribution in [0.25, 0.3) is 5.13 Å². The predicted molar refractivity (Wildman–Crippen MR) is 79.1 cm³/mol. The van der Waals surface area contributed by atoms with E-state index in [1.807, 2.05) is 51.1 Å². The maximum Gasteiger partial charge on any atom is 0.228 e. The molecule has 0 radical (unpaired) electrons. The third-order valence-electron chi connectivity index (χ3n) is 3.06. The first-order valence-corrected chi connectivity index (χ1v) is 8.29. The minimum absolute atomic E-state index is 0.199. The largest absolute Gasteiger partial charge is 0.341 e. The monoisotopic (exact) mass is 293 g/mol. The molecule has 0 aliphatic carbocycles. The third-order valence-corrected chi connectivity index (χ3v) is 4.91. The van der Waals surface area contributed by atoms with Gasteiger partial charge in [-0.3, -0.25) is 4.79 Å². The molecule has 0 spiro atoms. The van der Waals surface area contributed by atoms with Crippen molar-refractivity contribution in [3.63, 3.8) is 0 Å². The van der Waals surface area contributed by atoms with Crippen molar-refractivity contribution in [2.24, 2.45) is 0 Å². The van der Waals surface area contributed by atoms with Gasteiger partial charge in [0.25, 0.3) is 0 Å². The summed E-state index contributed by atoms with van der Waals surface area (Å²) >= 11 is 3.49. The van der Waals surface area contributed by atoms with Crippen molar-refractivity contribution < 1.29 is 4.79 Å². The van der Waals surface area contributed by atoms with Crippen LogP contribution in [0, 0.1) is 0 Å². The molecule has 1 fully saturated rings. The smallest absolute Gasteiger partial charge is 0.228 e. The molecule has 1 aliphatic rings. The molecule has 0 atom stereocenters. The summed E-state index contributed by atoms with van der Waals surface area (Å²) < 4.78 is 1.97. The van der Waals surface area contributed by atoms with E-state index < -0.39 is 0 Å². The van der Waals surface area contributed by atoms with E-state index in [1.165, 1.54) is 0 Å². The van der Waals surface area contributed by atoms with E-state index in [2.05, 4.69) is 4.98 Å². The molecule has 2 aromatic heterocycles. The molecule has 3 heterocycles. The molecule has 0 saturated carbocycles. The second-order valence-corrected chi connectivity index (χ2v) is 6.44. The predicted octanol–water partition coefficient (Wildman–Crippen LogP) is 2.05. The SMILES string of the molecule is O=C(Cc1csc(-n2cccc2)n1)N1CCSCC1. The Balaban J connectivity index is 1.65. The van der Waals surface area contributed by atoms with Crippen LogP contribution in [0.2, 0.25) is 0 Å². The standard InChI is InChI=1S/C13H15N3OS2/c17-12(15-5-7-18-8-6-15)9-11-10-19-13(14-11)16-3-1-2-4-16/h1-4,10H,5-9H2. The zero-order valence-corrected chi connectivity index (χ0v) is 12.1. The van der Waals surface area contributed by atoms with Crippen LogP contribution in [0.4, 0.5) is 0 Å². The normalized spacial score (nSPS) is 15.7. The fraction of sp³-hybridized carbons (Fsp3) is 0.385. The van der Waals surface area contributed by atoms with Crippen molar-refractivity contribution in [1.82, 2.24) is 14.5 Å². The van der Waals surface area contributed by atoms with Gasteiger partial charge >= 0.3 is 0 Å². The average Bonchev–Trinajstić information content (AvgIpc) is 3.10. The van der Waals surface area contributed by atoms with Crippen molar-refractivity contribution in [2.75, 3.05) is 24.6 Å². The van der Waals surface area contributed by atoms with E-state index in [0.29, 0.717) is 6.42 Å². The topological polar surface area (TPSA) is 38.1 Å². The van der Waals surface area contributed by atoms with Crippen molar-refractivity contribution >= 4 is 29.0 Å². The van der Waals surface area contributed by atoms with Crippen LogP contribution in [0.3, 0.4) is 0 Å². The first-order valence-electron chi connectivity index (χ1n) is 6.26. The minimum Gasteiger partial charge on any atom is -0.341 e. The van der Waals surface area contributed by atoms with Gasteiger partial charge in [-0.05, 0) is 12.1 Å². The first kappa shape index (κ1) is 12.7. The van der Waals surface area contributed by atoms with Gasteiger partial charge in [-0.15, -0.1) is 11.3 Å². The summed E-state index contributed by atoms with van der Waals surface area (Å²) in [6.07, 6.45) is 4.35. The Kier molecular flexibility index (Phi) is 3.89.